The van der Waals surface area contributed by atoms with E-state index in [-0.39, 0.29) is 6.04 Å². The van der Waals surface area contributed by atoms with Gasteiger partial charge < -0.3 is 15.5 Å². The molecule has 1 aliphatic rings. The maximum absolute atomic E-state index is 5.73. The van der Waals surface area contributed by atoms with Gasteiger partial charge in [0, 0.05) is 18.9 Å². The summed E-state index contributed by atoms with van der Waals surface area (Å²) < 4.78 is 5.48. The molecule has 3 N–H and O–H groups in total. The molecule has 1 fully saturated rings. The summed E-state index contributed by atoms with van der Waals surface area (Å²) in [7, 11) is 0. The van der Waals surface area contributed by atoms with Gasteiger partial charge in [-0.15, -0.1) is 0 Å². The van der Waals surface area contributed by atoms with Gasteiger partial charge in [0.2, 0.25) is 0 Å². The maximum Gasteiger partial charge on any atom is 0.194 e. The quantitative estimate of drug-likeness (QED) is 0.802. The van der Waals surface area contributed by atoms with Crippen LogP contribution >= 0.6 is 0 Å². The molecule has 2 heterocycles. The fourth-order valence-electron chi connectivity index (χ4n) is 2.20. The first kappa shape index (κ1) is 11.6. The van der Waals surface area contributed by atoms with Crippen molar-refractivity contribution >= 4 is 0 Å². The first-order valence-corrected chi connectivity index (χ1v) is 6.13. The summed E-state index contributed by atoms with van der Waals surface area (Å²) >= 11 is 0. The van der Waals surface area contributed by atoms with E-state index in [1.807, 2.05) is 6.92 Å². The molecule has 90 valence electrons. The van der Waals surface area contributed by atoms with E-state index in [0.717, 1.165) is 43.4 Å². The maximum atomic E-state index is 5.73. The molecule has 1 aromatic rings. The summed E-state index contributed by atoms with van der Waals surface area (Å²) in [4.78, 5) is 4.48. The first-order chi connectivity index (χ1) is 7.74. The summed E-state index contributed by atoms with van der Waals surface area (Å²) in [5, 5.41) is 3.36. The fourth-order valence-corrected chi connectivity index (χ4v) is 2.20. The van der Waals surface area contributed by atoms with Crippen LogP contribution in [0.5, 0.6) is 0 Å². The van der Waals surface area contributed by atoms with Crippen LogP contribution in [0.25, 0.3) is 0 Å². The molecular formula is C12H21N3O. The summed E-state index contributed by atoms with van der Waals surface area (Å²) in [5.74, 6) is 1.60. The van der Waals surface area contributed by atoms with Crippen LogP contribution in [0.2, 0.25) is 0 Å². The first-order valence-electron chi connectivity index (χ1n) is 6.13. The third-order valence-corrected chi connectivity index (χ3v) is 3.05. The van der Waals surface area contributed by atoms with Crippen LogP contribution in [0, 0.1) is 5.92 Å². The van der Waals surface area contributed by atoms with Crippen LogP contribution in [0.15, 0.2) is 10.7 Å². The minimum atomic E-state index is 0.150. The lowest BCUT2D eigenvalue weighted by molar-refractivity contribution is 0.341. The summed E-state index contributed by atoms with van der Waals surface area (Å²) in [6.07, 6.45) is 5.98. The smallest absolute Gasteiger partial charge is 0.194 e. The Kier molecular flexibility index (Phi) is 3.96. The Morgan fingerprint density at radius 2 is 2.31 bits per heavy atom. The zero-order valence-electron chi connectivity index (χ0n) is 9.91. The number of nitrogens with two attached hydrogens (primary N) is 1. The highest BCUT2D eigenvalue weighted by Crippen LogP contribution is 2.17. The molecule has 0 radical (unpaired) electrons. The zero-order chi connectivity index (χ0) is 11.4. The van der Waals surface area contributed by atoms with Gasteiger partial charge in [-0.25, -0.2) is 4.98 Å². The number of oxazole rings is 1. The van der Waals surface area contributed by atoms with Gasteiger partial charge in [-0.3, -0.25) is 0 Å². The molecule has 1 atom stereocenters. The molecule has 4 heteroatoms. The molecule has 0 spiro atoms. The van der Waals surface area contributed by atoms with Crippen molar-refractivity contribution in [3.8, 4) is 0 Å². The van der Waals surface area contributed by atoms with Crippen LogP contribution in [0.1, 0.15) is 31.4 Å². The van der Waals surface area contributed by atoms with E-state index in [1.165, 1.54) is 12.8 Å². The number of aromatic nitrogens is 1. The van der Waals surface area contributed by atoms with Crippen molar-refractivity contribution in [3.63, 3.8) is 0 Å². The van der Waals surface area contributed by atoms with Crippen LogP contribution in [0.4, 0.5) is 0 Å². The molecule has 4 nitrogen and oxygen atoms in total. The SMILES string of the molecule is CC(N)Cc1coc(CC2CCNCC2)n1. The van der Waals surface area contributed by atoms with E-state index in [1.54, 1.807) is 6.26 Å². The van der Waals surface area contributed by atoms with Crippen LogP contribution in [-0.4, -0.2) is 24.1 Å². The lowest BCUT2D eigenvalue weighted by atomic mass is 9.95. The highest BCUT2D eigenvalue weighted by molar-refractivity contribution is 4.99. The highest BCUT2D eigenvalue weighted by atomic mass is 16.3. The van der Waals surface area contributed by atoms with Crippen LogP contribution in [0.3, 0.4) is 0 Å². The number of piperidine rings is 1. The largest absolute Gasteiger partial charge is 0.449 e. The molecule has 1 saturated heterocycles. The number of nitrogens with zero attached hydrogens (tertiary/aromatic N) is 1. The van der Waals surface area contributed by atoms with E-state index in [2.05, 4.69) is 10.3 Å². The average molecular weight is 223 g/mol. The van der Waals surface area contributed by atoms with Crippen LogP contribution in [-0.2, 0) is 12.8 Å². The van der Waals surface area contributed by atoms with Crippen molar-refractivity contribution < 1.29 is 4.42 Å². The number of rotatable bonds is 4. The van der Waals surface area contributed by atoms with Gasteiger partial charge in [0.05, 0.1) is 5.69 Å². The van der Waals surface area contributed by atoms with Gasteiger partial charge in [0.25, 0.3) is 0 Å². The van der Waals surface area contributed by atoms with Crippen molar-refractivity contribution in [2.45, 2.75) is 38.6 Å². The monoisotopic (exact) mass is 223 g/mol. The van der Waals surface area contributed by atoms with Crippen LogP contribution < -0.4 is 11.1 Å². The van der Waals surface area contributed by atoms with Gasteiger partial charge in [0.1, 0.15) is 6.26 Å². The van der Waals surface area contributed by atoms with Crippen molar-refractivity contribution in [2.24, 2.45) is 11.7 Å². The van der Waals surface area contributed by atoms with Crippen molar-refractivity contribution in [2.75, 3.05) is 13.1 Å². The van der Waals surface area contributed by atoms with Gasteiger partial charge >= 0.3 is 0 Å². The summed E-state index contributed by atoms with van der Waals surface area (Å²) in [6.45, 7) is 4.23. The molecule has 0 aliphatic carbocycles. The average Bonchev–Trinajstić information content (AvgIpc) is 2.66. The Labute approximate surface area is 96.6 Å². The second-order valence-corrected chi connectivity index (χ2v) is 4.81. The minimum absolute atomic E-state index is 0.150. The highest BCUT2D eigenvalue weighted by Gasteiger charge is 2.16. The Morgan fingerprint density at radius 1 is 1.56 bits per heavy atom. The summed E-state index contributed by atoms with van der Waals surface area (Å²) in [6, 6.07) is 0.150. The molecule has 0 aromatic carbocycles. The zero-order valence-corrected chi connectivity index (χ0v) is 9.91. The molecule has 0 saturated carbocycles. The predicted molar refractivity (Wildman–Crippen MR) is 63.2 cm³/mol. The normalized spacial score (nSPS) is 19.9. The van der Waals surface area contributed by atoms with Gasteiger partial charge in [-0.1, -0.05) is 0 Å². The van der Waals surface area contributed by atoms with E-state index in [9.17, 15) is 0 Å². The Hall–Kier alpha value is -0.870. The second-order valence-electron chi connectivity index (χ2n) is 4.81. The number of nitrogens with one attached hydrogen (secondary N) is 1. The number of hydrogen-bond donors (Lipinski definition) is 2. The standard InChI is InChI=1S/C12H21N3O/c1-9(13)6-11-8-16-12(15-11)7-10-2-4-14-5-3-10/h8-10,14H,2-7,13H2,1H3. The van der Waals surface area contributed by atoms with E-state index in [4.69, 9.17) is 10.2 Å². The third-order valence-electron chi connectivity index (χ3n) is 3.05. The third kappa shape index (κ3) is 3.32. The van der Waals surface area contributed by atoms with Gasteiger partial charge in [0.15, 0.2) is 5.89 Å². The summed E-state index contributed by atoms with van der Waals surface area (Å²) in [5.41, 5.74) is 6.71. The van der Waals surface area contributed by atoms with Crippen molar-refractivity contribution in [3.05, 3.63) is 17.8 Å². The Balaban J connectivity index is 1.86. The second kappa shape index (κ2) is 5.46. The fraction of sp³-hybridized carbons (Fsp3) is 0.750. The molecule has 1 aromatic heterocycles. The Bertz CT molecular complexity index is 316. The van der Waals surface area contributed by atoms with Crippen molar-refractivity contribution in [1.29, 1.82) is 0 Å². The molecule has 16 heavy (non-hydrogen) atoms. The topological polar surface area (TPSA) is 64.1 Å². The molecule has 1 unspecified atom stereocenters. The molecular weight excluding hydrogens is 202 g/mol. The van der Waals surface area contributed by atoms with Gasteiger partial charge in [-0.2, -0.15) is 0 Å². The molecule has 0 bridgehead atoms. The molecule has 0 amide bonds. The van der Waals surface area contributed by atoms with E-state index < -0.39 is 0 Å². The predicted octanol–water partition coefficient (Wildman–Crippen LogP) is 1.11. The number of hydrogen-bond acceptors (Lipinski definition) is 4. The Morgan fingerprint density at radius 3 is 3.00 bits per heavy atom. The molecule has 2 rings (SSSR count). The van der Waals surface area contributed by atoms with Gasteiger partial charge in [-0.05, 0) is 38.8 Å². The minimum Gasteiger partial charge on any atom is -0.449 e. The van der Waals surface area contributed by atoms with E-state index in [0.29, 0.717) is 0 Å². The lowest BCUT2D eigenvalue weighted by Crippen LogP contribution is -2.28. The van der Waals surface area contributed by atoms with Crippen molar-refractivity contribution in [1.82, 2.24) is 10.3 Å². The lowest BCUT2D eigenvalue weighted by Gasteiger charge is -2.20. The molecule has 1 aliphatic heterocycles. The van der Waals surface area contributed by atoms with E-state index >= 15 is 0 Å².